The molecule has 4 heteroatoms. The van der Waals surface area contributed by atoms with Crippen LogP contribution in [0.25, 0.3) is 0 Å². The van der Waals surface area contributed by atoms with Gasteiger partial charge in [0.25, 0.3) is 0 Å². The maximum absolute atomic E-state index is 11.0. The van der Waals surface area contributed by atoms with E-state index in [1.54, 1.807) is 0 Å². The van der Waals surface area contributed by atoms with E-state index in [0.29, 0.717) is 38.7 Å². The highest BCUT2D eigenvalue weighted by molar-refractivity contribution is 5.75. The molecule has 0 aromatic rings. The van der Waals surface area contributed by atoms with Crippen LogP contribution in [0.3, 0.4) is 0 Å². The van der Waals surface area contributed by atoms with Gasteiger partial charge in [-0.05, 0) is 12.8 Å². The Kier molecular flexibility index (Phi) is 9.52. The van der Waals surface area contributed by atoms with E-state index in [9.17, 15) is 4.79 Å². The van der Waals surface area contributed by atoms with E-state index < -0.39 is 0 Å². The molecule has 4 nitrogen and oxygen atoms in total. The minimum absolute atomic E-state index is 0.0422. The molecule has 1 amide bonds. The molecule has 0 bridgehead atoms. The largest absolute Gasteiger partial charge is 0.379 e. The SMILES string of the molecule is CCNC(=O)CCOCCOCC(C)C. The van der Waals surface area contributed by atoms with Crippen molar-refractivity contribution in [2.75, 3.05) is 33.0 Å². The molecule has 0 aliphatic heterocycles. The fraction of sp³-hybridized carbons (Fsp3) is 0.909. The average Bonchev–Trinajstić information content (AvgIpc) is 2.16. The van der Waals surface area contributed by atoms with Crippen LogP contribution in [-0.4, -0.2) is 38.9 Å². The summed E-state index contributed by atoms with van der Waals surface area (Å²) >= 11 is 0. The van der Waals surface area contributed by atoms with E-state index in [2.05, 4.69) is 19.2 Å². The van der Waals surface area contributed by atoms with Crippen molar-refractivity contribution in [3.63, 3.8) is 0 Å². The van der Waals surface area contributed by atoms with Crippen molar-refractivity contribution < 1.29 is 14.3 Å². The van der Waals surface area contributed by atoms with Gasteiger partial charge in [-0.15, -0.1) is 0 Å². The highest BCUT2D eigenvalue weighted by Crippen LogP contribution is 1.92. The fourth-order valence-electron chi connectivity index (χ4n) is 0.989. The normalized spacial score (nSPS) is 10.7. The number of carbonyl (C=O) groups is 1. The van der Waals surface area contributed by atoms with Crippen LogP contribution in [-0.2, 0) is 14.3 Å². The zero-order valence-electron chi connectivity index (χ0n) is 10.0. The summed E-state index contributed by atoms with van der Waals surface area (Å²) in [6.07, 6.45) is 0.429. The van der Waals surface area contributed by atoms with E-state index in [0.717, 1.165) is 6.61 Å². The Morgan fingerprint density at radius 2 is 1.87 bits per heavy atom. The molecule has 0 aliphatic carbocycles. The van der Waals surface area contributed by atoms with Gasteiger partial charge in [0.1, 0.15) is 0 Å². The maximum atomic E-state index is 11.0. The van der Waals surface area contributed by atoms with Crippen molar-refractivity contribution in [1.29, 1.82) is 0 Å². The molecule has 0 spiro atoms. The van der Waals surface area contributed by atoms with Crippen LogP contribution in [0, 0.1) is 5.92 Å². The molecule has 15 heavy (non-hydrogen) atoms. The Bertz CT molecular complexity index is 160. The Balaban J connectivity index is 3.08. The molecule has 0 saturated heterocycles. The van der Waals surface area contributed by atoms with E-state index >= 15 is 0 Å². The zero-order valence-corrected chi connectivity index (χ0v) is 10.0. The third-order valence-electron chi connectivity index (χ3n) is 1.67. The Hall–Kier alpha value is -0.610. The van der Waals surface area contributed by atoms with Gasteiger partial charge >= 0.3 is 0 Å². The third kappa shape index (κ3) is 11.3. The molecule has 0 unspecified atom stereocenters. The lowest BCUT2D eigenvalue weighted by molar-refractivity contribution is -0.122. The summed E-state index contributed by atoms with van der Waals surface area (Å²) in [6, 6.07) is 0. The number of hydrogen-bond acceptors (Lipinski definition) is 3. The van der Waals surface area contributed by atoms with Crippen LogP contribution in [0.2, 0.25) is 0 Å². The molecular weight excluding hydrogens is 194 g/mol. The topological polar surface area (TPSA) is 47.6 Å². The first-order valence-corrected chi connectivity index (χ1v) is 5.59. The molecule has 0 aliphatic rings. The lowest BCUT2D eigenvalue weighted by atomic mass is 10.2. The van der Waals surface area contributed by atoms with Crippen LogP contribution in [0.15, 0.2) is 0 Å². The number of rotatable bonds is 9. The van der Waals surface area contributed by atoms with Gasteiger partial charge in [-0.25, -0.2) is 0 Å². The summed E-state index contributed by atoms with van der Waals surface area (Å²) in [5.41, 5.74) is 0. The van der Waals surface area contributed by atoms with Crippen molar-refractivity contribution in [3.05, 3.63) is 0 Å². The van der Waals surface area contributed by atoms with Crippen molar-refractivity contribution in [2.24, 2.45) is 5.92 Å². The van der Waals surface area contributed by atoms with Gasteiger partial charge in [-0.3, -0.25) is 4.79 Å². The van der Waals surface area contributed by atoms with E-state index in [1.807, 2.05) is 6.92 Å². The smallest absolute Gasteiger partial charge is 0.222 e. The Labute approximate surface area is 92.3 Å². The second kappa shape index (κ2) is 9.93. The number of carbonyl (C=O) groups excluding carboxylic acids is 1. The predicted octanol–water partition coefficient (Wildman–Crippen LogP) is 1.20. The van der Waals surface area contributed by atoms with Crippen molar-refractivity contribution >= 4 is 5.91 Å². The van der Waals surface area contributed by atoms with Crippen molar-refractivity contribution in [2.45, 2.75) is 27.2 Å². The van der Waals surface area contributed by atoms with Crippen LogP contribution in [0.1, 0.15) is 27.2 Å². The van der Waals surface area contributed by atoms with E-state index in [-0.39, 0.29) is 5.91 Å². The van der Waals surface area contributed by atoms with Crippen LogP contribution < -0.4 is 5.32 Å². The molecule has 0 heterocycles. The second-order valence-corrected chi connectivity index (χ2v) is 3.78. The first-order valence-electron chi connectivity index (χ1n) is 5.59. The lowest BCUT2D eigenvalue weighted by Gasteiger charge is -2.07. The van der Waals surface area contributed by atoms with E-state index in [1.165, 1.54) is 0 Å². The lowest BCUT2D eigenvalue weighted by Crippen LogP contribution is -2.24. The highest BCUT2D eigenvalue weighted by atomic mass is 16.5. The number of amides is 1. The standard InChI is InChI=1S/C11H23NO3/c1-4-12-11(13)5-6-14-7-8-15-9-10(2)3/h10H,4-9H2,1-3H3,(H,12,13). The Morgan fingerprint density at radius 1 is 1.20 bits per heavy atom. The van der Waals surface area contributed by atoms with Crippen molar-refractivity contribution in [1.82, 2.24) is 5.32 Å². The van der Waals surface area contributed by atoms with Gasteiger partial charge in [0.2, 0.25) is 5.91 Å². The molecule has 0 fully saturated rings. The van der Waals surface area contributed by atoms with Crippen LogP contribution in [0.4, 0.5) is 0 Å². The minimum atomic E-state index is 0.0422. The minimum Gasteiger partial charge on any atom is -0.379 e. The summed E-state index contributed by atoms with van der Waals surface area (Å²) in [5.74, 6) is 0.598. The summed E-state index contributed by atoms with van der Waals surface area (Å²) in [5, 5.41) is 2.71. The molecule has 0 saturated carbocycles. The third-order valence-corrected chi connectivity index (χ3v) is 1.67. The first-order chi connectivity index (χ1) is 7.16. The van der Waals surface area contributed by atoms with Crippen LogP contribution >= 0.6 is 0 Å². The summed E-state index contributed by atoms with van der Waals surface area (Å²) in [6.45, 7) is 9.19. The second-order valence-electron chi connectivity index (χ2n) is 3.78. The molecule has 1 N–H and O–H groups in total. The Morgan fingerprint density at radius 3 is 2.47 bits per heavy atom. The molecule has 90 valence electrons. The zero-order chi connectivity index (χ0) is 11.5. The van der Waals surface area contributed by atoms with Gasteiger partial charge in [-0.1, -0.05) is 13.8 Å². The van der Waals surface area contributed by atoms with Gasteiger partial charge in [0, 0.05) is 19.6 Å². The molecule has 0 aromatic carbocycles. The quantitative estimate of drug-likeness (QED) is 0.590. The summed E-state index contributed by atoms with van der Waals surface area (Å²) in [4.78, 5) is 11.0. The average molecular weight is 217 g/mol. The fourth-order valence-corrected chi connectivity index (χ4v) is 0.989. The molecular formula is C11H23NO3. The molecule has 0 aromatic heterocycles. The predicted molar refractivity (Wildman–Crippen MR) is 59.8 cm³/mol. The van der Waals surface area contributed by atoms with Crippen molar-refractivity contribution in [3.8, 4) is 0 Å². The molecule has 0 radical (unpaired) electrons. The number of ether oxygens (including phenoxy) is 2. The van der Waals surface area contributed by atoms with Gasteiger partial charge in [0.15, 0.2) is 0 Å². The summed E-state index contributed by atoms with van der Waals surface area (Å²) in [7, 11) is 0. The monoisotopic (exact) mass is 217 g/mol. The van der Waals surface area contributed by atoms with Gasteiger partial charge in [0.05, 0.1) is 19.8 Å². The van der Waals surface area contributed by atoms with Crippen LogP contribution in [0.5, 0.6) is 0 Å². The number of hydrogen-bond donors (Lipinski definition) is 1. The van der Waals surface area contributed by atoms with E-state index in [4.69, 9.17) is 9.47 Å². The summed E-state index contributed by atoms with van der Waals surface area (Å²) < 4.78 is 10.6. The van der Waals surface area contributed by atoms with Gasteiger partial charge < -0.3 is 14.8 Å². The molecule has 0 atom stereocenters. The highest BCUT2D eigenvalue weighted by Gasteiger charge is 1.98. The maximum Gasteiger partial charge on any atom is 0.222 e. The first kappa shape index (κ1) is 14.4. The molecule has 0 rings (SSSR count). The van der Waals surface area contributed by atoms with Gasteiger partial charge in [-0.2, -0.15) is 0 Å². The number of nitrogens with one attached hydrogen (secondary N) is 1.